The fraction of sp³-hybridized carbons (Fsp3) is 0.440. The Morgan fingerprint density at radius 2 is 1.76 bits per heavy atom. The van der Waals surface area contributed by atoms with E-state index < -0.39 is 15.7 Å². The molecule has 2 aliphatic rings. The van der Waals surface area contributed by atoms with E-state index in [2.05, 4.69) is 0 Å². The number of carbonyl (C=O) groups excluding carboxylic acids is 2. The van der Waals surface area contributed by atoms with Crippen LogP contribution in [0.3, 0.4) is 0 Å². The number of sulfone groups is 1. The predicted molar refractivity (Wildman–Crippen MR) is 129 cm³/mol. The molecule has 0 aromatic heterocycles. The van der Waals surface area contributed by atoms with E-state index >= 15 is 0 Å². The van der Waals surface area contributed by atoms with Crippen LogP contribution in [0.1, 0.15) is 29.3 Å². The van der Waals surface area contributed by atoms with Gasteiger partial charge in [-0.2, -0.15) is 0 Å². The summed E-state index contributed by atoms with van der Waals surface area (Å²) in [5.41, 5.74) is 1.77. The third kappa shape index (κ3) is 5.82. The average Bonchev–Trinajstić information content (AvgIpc) is 3.18. The quantitative estimate of drug-likeness (QED) is 0.558. The van der Waals surface area contributed by atoms with Crippen LogP contribution in [0.2, 0.25) is 0 Å². The zero-order valence-electron chi connectivity index (χ0n) is 19.3. The Labute approximate surface area is 200 Å². The smallest absolute Gasteiger partial charge is 0.237 e. The van der Waals surface area contributed by atoms with Gasteiger partial charge in [0.1, 0.15) is 5.82 Å². The van der Waals surface area contributed by atoms with Crippen LogP contribution < -0.4 is 4.90 Å². The Bertz CT molecular complexity index is 1150. The molecule has 182 valence electrons. The molecule has 1 atom stereocenters. The maximum absolute atomic E-state index is 14.5. The molecule has 34 heavy (non-hydrogen) atoms. The lowest BCUT2D eigenvalue weighted by molar-refractivity contribution is -0.135. The van der Waals surface area contributed by atoms with Crippen LogP contribution in [-0.2, 0) is 21.2 Å². The summed E-state index contributed by atoms with van der Waals surface area (Å²) in [4.78, 5) is 30.4. The molecule has 1 amide bonds. The first-order chi connectivity index (χ1) is 16.2. The minimum Gasteiger partial charge on any atom is -0.367 e. The largest absolute Gasteiger partial charge is 0.367 e. The molecule has 2 saturated heterocycles. The van der Waals surface area contributed by atoms with E-state index in [1.807, 2.05) is 40.1 Å². The van der Waals surface area contributed by atoms with Crippen molar-refractivity contribution < 1.29 is 22.4 Å². The molecule has 0 aliphatic carbocycles. The standard InChI is InChI=1S/C25H30FN3O4S/c1-19(30)21-7-8-24(23(26)15-21)28-12-10-27(11-13-28)17-25(31)29(16-20-5-3-2-4-6-20)22-9-14-34(32,33)18-22/h2-8,15,22H,9-14,16-18H2,1H3/t22-/m1/s1. The number of nitrogens with zero attached hydrogens (tertiary/aromatic N) is 3. The summed E-state index contributed by atoms with van der Waals surface area (Å²) in [5.74, 6) is -0.563. The second kappa shape index (κ2) is 10.2. The Kier molecular flexibility index (Phi) is 7.33. The van der Waals surface area contributed by atoms with Gasteiger partial charge in [-0.15, -0.1) is 0 Å². The van der Waals surface area contributed by atoms with Gasteiger partial charge in [-0.05, 0) is 37.1 Å². The zero-order valence-corrected chi connectivity index (χ0v) is 20.1. The molecule has 0 spiro atoms. The number of hydrogen-bond acceptors (Lipinski definition) is 6. The van der Waals surface area contributed by atoms with Gasteiger partial charge < -0.3 is 9.80 Å². The van der Waals surface area contributed by atoms with Crippen molar-refractivity contribution in [3.05, 3.63) is 65.5 Å². The van der Waals surface area contributed by atoms with E-state index in [1.165, 1.54) is 13.0 Å². The molecule has 2 aromatic rings. The van der Waals surface area contributed by atoms with Gasteiger partial charge in [0.15, 0.2) is 15.6 Å². The molecular weight excluding hydrogens is 457 g/mol. The number of hydrogen-bond donors (Lipinski definition) is 0. The molecule has 0 saturated carbocycles. The molecule has 9 heteroatoms. The highest BCUT2D eigenvalue weighted by molar-refractivity contribution is 7.91. The Hall–Kier alpha value is -2.78. The van der Waals surface area contributed by atoms with E-state index in [4.69, 9.17) is 0 Å². The van der Waals surface area contributed by atoms with Crippen LogP contribution in [-0.4, -0.2) is 80.2 Å². The van der Waals surface area contributed by atoms with Crippen LogP contribution in [0.5, 0.6) is 0 Å². The molecule has 2 heterocycles. The van der Waals surface area contributed by atoms with Crippen LogP contribution >= 0.6 is 0 Å². The van der Waals surface area contributed by atoms with Crippen molar-refractivity contribution in [2.75, 3.05) is 49.1 Å². The number of Topliss-reactive ketones (excluding diaryl/α,β-unsaturated/α-hetero) is 1. The molecule has 2 fully saturated rings. The molecule has 4 rings (SSSR count). The lowest BCUT2D eigenvalue weighted by atomic mass is 10.1. The minimum absolute atomic E-state index is 0.00882. The van der Waals surface area contributed by atoms with Gasteiger partial charge in [-0.1, -0.05) is 30.3 Å². The predicted octanol–water partition coefficient (Wildman–Crippen LogP) is 2.37. The van der Waals surface area contributed by atoms with E-state index in [9.17, 15) is 22.4 Å². The molecule has 0 unspecified atom stereocenters. The molecule has 7 nitrogen and oxygen atoms in total. The molecular formula is C25H30FN3O4S. The summed E-state index contributed by atoms with van der Waals surface area (Å²) in [6, 6.07) is 13.8. The SMILES string of the molecule is CC(=O)c1ccc(N2CCN(CC(=O)N(Cc3ccccc3)[C@@H]3CCS(=O)(=O)C3)CC2)c(F)c1. The maximum atomic E-state index is 14.5. The van der Waals surface area contributed by atoms with Crippen LogP contribution in [0.4, 0.5) is 10.1 Å². The van der Waals surface area contributed by atoms with Crippen LogP contribution in [0.25, 0.3) is 0 Å². The number of halogens is 1. The summed E-state index contributed by atoms with van der Waals surface area (Å²) >= 11 is 0. The van der Waals surface area contributed by atoms with E-state index in [-0.39, 0.29) is 35.8 Å². The Balaban J connectivity index is 1.39. The summed E-state index contributed by atoms with van der Waals surface area (Å²) in [5, 5.41) is 0. The molecule has 0 N–H and O–H groups in total. The van der Waals surface area contributed by atoms with Gasteiger partial charge in [-0.3, -0.25) is 14.5 Å². The second-order valence-corrected chi connectivity index (χ2v) is 11.3. The summed E-state index contributed by atoms with van der Waals surface area (Å²) in [6.07, 6.45) is 0.463. The fourth-order valence-corrected chi connectivity index (χ4v) is 6.36. The van der Waals surface area contributed by atoms with Crippen LogP contribution in [0, 0.1) is 5.82 Å². The first kappa shape index (κ1) is 24.3. The first-order valence-electron chi connectivity index (χ1n) is 11.5. The number of benzene rings is 2. The van der Waals surface area contributed by atoms with Gasteiger partial charge in [0.05, 0.1) is 23.7 Å². The van der Waals surface area contributed by atoms with Gasteiger partial charge >= 0.3 is 0 Å². The van der Waals surface area contributed by atoms with Crippen molar-refractivity contribution in [1.29, 1.82) is 0 Å². The Morgan fingerprint density at radius 3 is 2.35 bits per heavy atom. The zero-order chi connectivity index (χ0) is 24.3. The van der Waals surface area contributed by atoms with Crippen molar-refractivity contribution in [2.45, 2.75) is 25.9 Å². The van der Waals surface area contributed by atoms with E-state index in [0.717, 1.165) is 5.56 Å². The van der Waals surface area contributed by atoms with E-state index in [1.54, 1.807) is 17.0 Å². The summed E-state index contributed by atoms with van der Waals surface area (Å²) < 4.78 is 38.7. The second-order valence-electron chi connectivity index (χ2n) is 9.05. The highest BCUT2D eigenvalue weighted by Gasteiger charge is 2.35. The number of amides is 1. The van der Waals surface area contributed by atoms with Gasteiger partial charge in [-0.25, -0.2) is 12.8 Å². The molecule has 0 bridgehead atoms. The van der Waals surface area contributed by atoms with E-state index in [0.29, 0.717) is 50.4 Å². The van der Waals surface area contributed by atoms with Crippen molar-refractivity contribution in [1.82, 2.24) is 9.80 Å². The highest BCUT2D eigenvalue weighted by Crippen LogP contribution is 2.23. The molecule has 2 aromatic carbocycles. The molecule has 0 radical (unpaired) electrons. The third-order valence-corrected chi connectivity index (χ3v) is 8.34. The molecule has 2 aliphatic heterocycles. The highest BCUT2D eigenvalue weighted by atomic mass is 32.2. The number of piperazine rings is 1. The lowest BCUT2D eigenvalue weighted by Gasteiger charge is -2.37. The fourth-order valence-electron chi connectivity index (χ4n) is 4.63. The number of ketones is 1. The van der Waals surface area contributed by atoms with Gasteiger partial charge in [0.2, 0.25) is 5.91 Å². The minimum atomic E-state index is -3.12. The maximum Gasteiger partial charge on any atom is 0.237 e. The summed E-state index contributed by atoms with van der Waals surface area (Å²) in [6.45, 7) is 4.27. The van der Waals surface area contributed by atoms with Gasteiger partial charge in [0.25, 0.3) is 0 Å². The van der Waals surface area contributed by atoms with Crippen molar-refractivity contribution in [2.24, 2.45) is 0 Å². The lowest BCUT2D eigenvalue weighted by Crippen LogP contribution is -2.51. The van der Waals surface area contributed by atoms with Gasteiger partial charge in [0, 0.05) is 44.3 Å². The monoisotopic (exact) mass is 487 g/mol. The topological polar surface area (TPSA) is 78.0 Å². The van der Waals surface area contributed by atoms with Crippen molar-refractivity contribution in [3.63, 3.8) is 0 Å². The average molecular weight is 488 g/mol. The first-order valence-corrected chi connectivity index (χ1v) is 13.4. The third-order valence-electron chi connectivity index (χ3n) is 6.59. The summed E-state index contributed by atoms with van der Waals surface area (Å²) in [7, 11) is -3.12. The van der Waals surface area contributed by atoms with Crippen molar-refractivity contribution in [3.8, 4) is 0 Å². The Morgan fingerprint density at radius 1 is 1.06 bits per heavy atom. The number of anilines is 1. The van der Waals surface area contributed by atoms with Crippen LogP contribution in [0.15, 0.2) is 48.5 Å². The number of rotatable bonds is 7. The normalized spacial score (nSPS) is 20.3. The van der Waals surface area contributed by atoms with Crippen molar-refractivity contribution >= 4 is 27.2 Å². The number of carbonyl (C=O) groups is 2.